The Morgan fingerprint density at radius 3 is 2.48 bits per heavy atom. The van der Waals surface area contributed by atoms with E-state index in [9.17, 15) is 18.0 Å². The van der Waals surface area contributed by atoms with Crippen LogP contribution in [0.3, 0.4) is 0 Å². The Hall–Kier alpha value is -3.40. The van der Waals surface area contributed by atoms with E-state index in [-0.39, 0.29) is 17.4 Å². The summed E-state index contributed by atoms with van der Waals surface area (Å²) in [5.41, 5.74) is 2.42. The zero-order valence-corrected chi connectivity index (χ0v) is 18.5. The van der Waals surface area contributed by atoms with Gasteiger partial charge in [0.25, 0.3) is 5.91 Å². The number of carbonyl (C=O) groups excluding carboxylic acids is 1. The smallest absolute Gasteiger partial charge is 0.251 e. The molecule has 0 radical (unpaired) electrons. The van der Waals surface area contributed by atoms with Gasteiger partial charge < -0.3 is 10.2 Å². The van der Waals surface area contributed by atoms with Crippen molar-refractivity contribution in [1.29, 1.82) is 0 Å². The van der Waals surface area contributed by atoms with E-state index in [1.165, 1.54) is 18.2 Å². The molecule has 1 saturated heterocycles. The van der Waals surface area contributed by atoms with Gasteiger partial charge in [0.1, 0.15) is 5.82 Å². The van der Waals surface area contributed by atoms with Gasteiger partial charge in [0.05, 0.1) is 16.1 Å². The number of hydrogen-bond donors (Lipinski definition) is 1. The molecule has 10 heteroatoms. The van der Waals surface area contributed by atoms with E-state index in [0.29, 0.717) is 25.9 Å². The van der Waals surface area contributed by atoms with Gasteiger partial charge in [0, 0.05) is 24.7 Å². The number of piperidine rings is 1. The van der Waals surface area contributed by atoms with Crippen LogP contribution >= 0.6 is 11.3 Å². The van der Waals surface area contributed by atoms with Gasteiger partial charge in [-0.2, -0.15) is 10.1 Å². The predicted molar refractivity (Wildman–Crippen MR) is 120 cm³/mol. The topological polar surface area (TPSA) is 63.1 Å². The maximum Gasteiger partial charge on any atom is 0.251 e. The Kier molecular flexibility index (Phi) is 5.53. The summed E-state index contributed by atoms with van der Waals surface area (Å²) in [6.45, 7) is 3.31. The molecule has 0 spiro atoms. The van der Waals surface area contributed by atoms with E-state index >= 15 is 0 Å². The fourth-order valence-electron chi connectivity index (χ4n) is 3.94. The van der Waals surface area contributed by atoms with Crippen LogP contribution in [0.2, 0.25) is 0 Å². The molecule has 6 nitrogen and oxygen atoms in total. The van der Waals surface area contributed by atoms with Crippen molar-refractivity contribution < 1.29 is 18.0 Å². The number of fused-ring (bicyclic) bond motifs is 1. The summed E-state index contributed by atoms with van der Waals surface area (Å²) < 4.78 is 42.5. The fraction of sp³-hybridized carbons (Fsp3) is 0.261. The quantitative estimate of drug-likeness (QED) is 0.472. The SMILES string of the molecule is Cc1nn(-c2ccc(F)cc2)c2nc(N3CCC(NC(=O)c4ccc(F)c(F)c4)CC3)sc12. The van der Waals surface area contributed by atoms with Gasteiger partial charge in [-0.15, -0.1) is 0 Å². The summed E-state index contributed by atoms with van der Waals surface area (Å²) in [5.74, 6) is -2.74. The van der Waals surface area contributed by atoms with Crippen LogP contribution in [-0.4, -0.2) is 39.8 Å². The monoisotopic (exact) mass is 471 g/mol. The number of rotatable bonds is 4. The number of halogens is 3. The molecule has 2 aromatic heterocycles. The number of carbonyl (C=O) groups is 1. The van der Waals surface area contributed by atoms with Crippen LogP contribution in [-0.2, 0) is 0 Å². The molecular weight excluding hydrogens is 451 g/mol. The highest BCUT2D eigenvalue weighted by molar-refractivity contribution is 7.22. The molecule has 4 aromatic rings. The van der Waals surface area contributed by atoms with Crippen molar-refractivity contribution >= 4 is 32.7 Å². The predicted octanol–water partition coefficient (Wildman–Crippen LogP) is 4.61. The van der Waals surface area contributed by atoms with Crippen LogP contribution in [0.5, 0.6) is 0 Å². The molecule has 0 saturated carbocycles. The van der Waals surface area contributed by atoms with Crippen LogP contribution in [0.1, 0.15) is 28.9 Å². The number of nitrogens with one attached hydrogen (secondary N) is 1. The number of anilines is 1. The molecule has 0 aliphatic carbocycles. The third kappa shape index (κ3) is 4.18. The van der Waals surface area contributed by atoms with Crippen molar-refractivity contribution in [3.8, 4) is 5.69 Å². The first-order valence-electron chi connectivity index (χ1n) is 10.5. The molecule has 170 valence electrons. The van der Waals surface area contributed by atoms with Crippen LogP contribution < -0.4 is 10.2 Å². The van der Waals surface area contributed by atoms with Crippen LogP contribution in [0, 0.1) is 24.4 Å². The number of amides is 1. The van der Waals surface area contributed by atoms with Gasteiger partial charge in [-0.05, 0) is 62.2 Å². The van der Waals surface area contributed by atoms with Gasteiger partial charge in [-0.1, -0.05) is 11.3 Å². The molecule has 33 heavy (non-hydrogen) atoms. The summed E-state index contributed by atoms with van der Waals surface area (Å²) in [4.78, 5) is 19.3. The minimum atomic E-state index is -1.04. The second-order valence-corrected chi connectivity index (χ2v) is 8.96. The van der Waals surface area contributed by atoms with Crippen molar-refractivity contribution in [2.75, 3.05) is 18.0 Å². The Labute approximate surface area is 191 Å². The first-order chi connectivity index (χ1) is 15.9. The van der Waals surface area contributed by atoms with Crippen molar-refractivity contribution in [3.63, 3.8) is 0 Å². The molecule has 5 rings (SSSR count). The highest BCUT2D eigenvalue weighted by Gasteiger charge is 2.25. The first kappa shape index (κ1) is 21.4. The minimum absolute atomic E-state index is 0.0623. The molecule has 1 aliphatic rings. The third-order valence-corrected chi connectivity index (χ3v) is 6.95. The number of aryl methyl sites for hydroxylation is 1. The summed E-state index contributed by atoms with van der Waals surface area (Å²) in [6.07, 6.45) is 1.41. The van der Waals surface area contributed by atoms with E-state index < -0.39 is 17.5 Å². The molecule has 0 bridgehead atoms. The van der Waals surface area contributed by atoms with Crippen molar-refractivity contribution in [1.82, 2.24) is 20.1 Å². The highest BCUT2D eigenvalue weighted by Crippen LogP contribution is 2.33. The maximum atomic E-state index is 13.4. The number of hydrogen-bond acceptors (Lipinski definition) is 5. The normalized spacial score (nSPS) is 14.7. The van der Waals surface area contributed by atoms with Crippen molar-refractivity contribution in [2.45, 2.75) is 25.8 Å². The average Bonchev–Trinajstić information content (AvgIpc) is 3.37. The van der Waals surface area contributed by atoms with E-state index in [0.717, 1.165) is 39.0 Å². The Morgan fingerprint density at radius 1 is 1.06 bits per heavy atom. The zero-order valence-electron chi connectivity index (χ0n) is 17.7. The third-order valence-electron chi connectivity index (χ3n) is 5.73. The molecule has 1 fully saturated rings. The Balaban J connectivity index is 1.27. The first-order valence-corrected chi connectivity index (χ1v) is 11.3. The molecule has 0 unspecified atom stereocenters. The second-order valence-electron chi connectivity index (χ2n) is 7.99. The standard InChI is InChI=1S/C23H20F3N5OS/c1-13-20-21(31(29-13)17-5-3-15(24)4-6-17)28-23(33-20)30-10-8-16(9-11-30)27-22(32)14-2-7-18(25)19(26)12-14/h2-7,12,16H,8-11H2,1H3,(H,27,32). The lowest BCUT2D eigenvalue weighted by Crippen LogP contribution is -2.44. The Morgan fingerprint density at radius 2 is 1.79 bits per heavy atom. The largest absolute Gasteiger partial charge is 0.349 e. The van der Waals surface area contributed by atoms with Crippen LogP contribution in [0.25, 0.3) is 16.0 Å². The summed E-state index contributed by atoms with van der Waals surface area (Å²) in [5, 5.41) is 8.32. The second kappa shape index (κ2) is 8.51. The van der Waals surface area contributed by atoms with Crippen LogP contribution in [0.15, 0.2) is 42.5 Å². The zero-order chi connectivity index (χ0) is 23.1. The lowest BCUT2D eigenvalue weighted by atomic mass is 10.0. The average molecular weight is 472 g/mol. The molecular formula is C23H20F3N5OS. The summed E-state index contributed by atoms with van der Waals surface area (Å²) in [6, 6.07) is 9.20. The molecule has 3 heterocycles. The lowest BCUT2D eigenvalue weighted by molar-refractivity contribution is 0.0930. The highest BCUT2D eigenvalue weighted by atomic mass is 32.1. The molecule has 1 N–H and O–H groups in total. The molecule has 2 aromatic carbocycles. The Bertz CT molecular complexity index is 1330. The van der Waals surface area contributed by atoms with Crippen LogP contribution in [0.4, 0.5) is 18.3 Å². The van der Waals surface area contributed by atoms with E-state index in [2.05, 4.69) is 15.3 Å². The number of thiazole rings is 1. The van der Waals surface area contributed by atoms with E-state index in [1.807, 2.05) is 6.92 Å². The summed E-state index contributed by atoms with van der Waals surface area (Å²) >= 11 is 1.56. The van der Waals surface area contributed by atoms with Crippen molar-refractivity contribution in [2.24, 2.45) is 0 Å². The minimum Gasteiger partial charge on any atom is -0.349 e. The van der Waals surface area contributed by atoms with Gasteiger partial charge >= 0.3 is 0 Å². The van der Waals surface area contributed by atoms with Gasteiger partial charge in [-0.25, -0.2) is 17.9 Å². The number of benzene rings is 2. The fourth-order valence-corrected chi connectivity index (χ4v) is 4.98. The molecule has 0 atom stereocenters. The van der Waals surface area contributed by atoms with E-state index in [4.69, 9.17) is 4.98 Å². The van der Waals surface area contributed by atoms with Crippen molar-refractivity contribution in [3.05, 3.63) is 71.2 Å². The maximum absolute atomic E-state index is 13.4. The molecule has 1 amide bonds. The van der Waals surface area contributed by atoms with Gasteiger partial charge in [0.15, 0.2) is 22.4 Å². The van der Waals surface area contributed by atoms with Gasteiger partial charge in [-0.3, -0.25) is 4.79 Å². The number of nitrogens with zero attached hydrogens (tertiary/aromatic N) is 4. The van der Waals surface area contributed by atoms with E-state index in [1.54, 1.807) is 28.2 Å². The summed E-state index contributed by atoms with van der Waals surface area (Å²) in [7, 11) is 0. The molecule has 1 aliphatic heterocycles. The lowest BCUT2D eigenvalue weighted by Gasteiger charge is -2.32. The number of aromatic nitrogens is 3. The van der Waals surface area contributed by atoms with Gasteiger partial charge in [0.2, 0.25) is 0 Å².